The van der Waals surface area contributed by atoms with E-state index in [0.717, 1.165) is 37.5 Å². The van der Waals surface area contributed by atoms with Gasteiger partial charge < -0.3 is 5.11 Å². The quantitative estimate of drug-likeness (QED) is 0.822. The standard InChI is InChI=1S/C16H26OS/c1-13(2)11-14-5-3-8-16(17,12-14)9-7-15-6-4-10-18-15/h4,6,10,13-14,17H,3,5,7-9,11-12H2,1-2H3. The van der Waals surface area contributed by atoms with Crippen LogP contribution >= 0.6 is 11.3 Å². The van der Waals surface area contributed by atoms with E-state index in [1.165, 1.54) is 24.1 Å². The van der Waals surface area contributed by atoms with Gasteiger partial charge in [0.25, 0.3) is 0 Å². The van der Waals surface area contributed by atoms with Crippen LogP contribution in [0.2, 0.25) is 0 Å². The fraction of sp³-hybridized carbons (Fsp3) is 0.750. The lowest BCUT2D eigenvalue weighted by atomic mass is 9.73. The molecule has 0 aliphatic heterocycles. The first kappa shape index (κ1) is 14.1. The molecule has 1 nitrogen and oxygen atoms in total. The molecule has 1 saturated carbocycles. The van der Waals surface area contributed by atoms with Crippen LogP contribution in [0.5, 0.6) is 0 Å². The van der Waals surface area contributed by atoms with Gasteiger partial charge in [-0.3, -0.25) is 0 Å². The van der Waals surface area contributed by atoms with Gasteiger partial charge in [0, 0.05) is 4.88 Å². The van der Waals surface area contributed by atoms with Crippen LogP contribution in [0, 0.1) is 11.8 Å². The Morgan fingerprint density at radius 2 is 2.33 bits per heavy atom. The van der Waals surface area contributed by atoms with Crippen molar-refractivity contribution in [3.05, 3.63) is 22.4 Å². The van der Waals surface area contributed by atoms with E-state index in [4.69, 9.17) is 0 Å². The summed E-state index contributed by atoms with van der Waals surface area (Å²) in [5, 5.41) is 12.9. The summed E-state index contributed by atoms with van der Waals surface area (Å²) >= 11 is 1.81. The zero-order valence-electron chi connectivity index (χ0n) is 11.7. The first-order valence-electron chi connectivity index (χ1n) is 7.32. The highest BCUT2D eigenvalue weighted by Gasteiger charge is 2.33. The predicted molar refractivity (Wildman–Crippen MR) is 79.0 cm³/mol. The molecule has 1 aromatic rings. The van der Waals surface area contributed by atoms with Crippen molar-refractivity contribution >= 4 is 11.3 Å². The lowest BCUT2D eigenvalue weighted by Crippen LogP contribution is -2.36. The Balaban J connectivity index is 1.85. The van der Waals surface area contributed by atoms with Gasteiger partial charge in [0.1, 0.15) is 0 Å². The van der Waals surface area contributed by atoms with E-state index in [1.807, 2.05) is 11.3 Å². The zero-order valence-corrected chi connectivity index (χ0v) is 12.5. The summed E-state index contributed by atoms with van der Waals surface area (Å²) in [5.41, 5.74) is -0.387. The summed E-state index contributed by atoms with van der Waals surface area (Å²) in [4.78, 5) is 1.41. The van der Waals surface area contributed by atoms with Crippen molar-refractivity contribution < 1.29 is 5.11 Å². The molecule has 2 atom stereocenters. The van der Waals surface area contributed by atoms with Crippen LogP contribution in [0.25, 0.3) is 0 Å². The average molecular weight is 266 g/mol. The average Bonchev–Trinajstić information content (AvgIpc) is 2.78. The van der Waals surface area contributed by atoms with E-state index in [1.54, 1.807) is 0 Å². The molecule has 0 saturated heterocycles. The number of thiophene rings is 1. The van der Waals surface area contributed by atoms with E-state index in [9.17, 15) is 5.11 Å². The molecule has 0 amide bonds. The second-order valence-electron chi connectivity index (χ2n) is 6.40. The molecule has 2 unspecified atom stereocenters. The molecular formula is C16H26OS. The van der Waals surface area contributed by atoms with Crippen molar-refractivity contribution in [2.45, 2.75) is 64.4 Å². The molecule has 0 radical (unpaired) electrons. The van der Waals surface area contributed by atoms with Gasteiger partial charge in [0.05, 0.1) is 5.60 Å². The monoisotopic (exact) mass is 266 g/mol. The van der Waals surface area contributed by atoms with E-state index < -0.39 is 0 Å². The van der Waals surface area contributed by atoms with Gasteiger partial charge in [0.2, 0.25) is 0 Å². The molecule has 0 bridgehead atoms. The molecule has 2 rings (SSSR count). The maximum absolute atomic E-state index is 10.8. The summed E-state index contributed by atoms with van der Waals surface area (Å²) in [5.74, 6) is 1.50. The Bertz CT molecular complexity index is 344. The van der Waals surface area contributed by atoms with E-state index in [-0.39, 0.29) is 5.60 Å². The summed E-state index contributed by atoms with van der Waals surface area (Å²) in [6.45, 7) is 4.58. The van der Waals surface area contributed by atoms with Crippen LogP contribution in [-0.2, 0) is 6.42 Å². The highest BCUT2D eigenvalue weighted by molar-refractivity contribution is 7.09. The van der Waals surface area contributed by atoms with E-state index in [0.29, 0.717) is 0 Å². The van der Waals surface area contributed by atoms with Gasteiger partial charge in [-0.1, -0.05) is 32.8 Å². The van der Waals surface area contributed by atoms with Gasteiger partial charge in [-0.2, -0.15) is 0 Å². The predicted octanol–water partition coefficient (Wildman–Crippen LogP) is 4.65. The fourth-order valence-corrected chi connectivity index (χ4v) is 4.08. The summed E-state index contributed by atoms with van der Waals surface area (Å²) < 4.78 is 0. The molecular weight excluding hydrogens is 240 g/mol. The first-order chi connectivity index (χ1) is 8.57. The fourth-order valence-electron chi connectivity index (χ4n) is 3.37. The molecule has 102 valence electrons. The normalized spacial score (nSPS) is 28.8. The van der Waals surface area contributed by atoms with Crippen LogP contribution in [0.3, 0.4) is 0 Å². The van der Waals surface area contributed by atoms with Crippen molar-refractivity contribution in [1.82, 2.24) is 0 Å². The molecule has 1 N–H and O–H groups in total. The molecule has 1 aromatic heterocycles. The molecule has 1 fully saturated rings. The van der Waals surface area contributed by atoms with Crippen LogP contribution in [0.1, 0.15) is 57.2 Å². The SMILES string of the molecule is CC(C)CC1CCCC(O)(CCc2cccs2)C1. The smallest absolute Gasteiger partial charge is 0.0654 e. The zero-order chi connectivity index (χ0) is 13.0. The van der Waals surface area contributed by atoms with E-state index in [2.05, 4.69) is 31.4 Å². The van der Waals surface area contributed by atoms with Gasteiger partial charge in [-0.15, -0.1) is 11.3 Å². The van der Waals surface area contributed by atoms with Crippen LogP contribution < -0.4 is 0 Å². The van der Waals surface area contributed by atoms with Crippen LogP contribution in [-0.4, -0.2) is 10.7 Å². The van der Waals surface area contributed by atoms with Crippen molar-refractivity contribution in [1.29, 1.82) is 0 Å². The largest absolute Gasteiger partial charge is 0.390 e. The first-order valence-corrected chi connectivity index (χ1v) is 8.20. The van der Waals surface area contributed by atoms with E-state index >= 15 is 0 Å². The third kappa shape index (κ3) is 4.10. The molecule has 1 aliphatic rings. The van der Waals surface area contributed by atoms with Crippen LogP contribution in [0.15, 0.2) is 17.5 Å². The van der Waals surface area contributed by atoms with Crippen molar-refractivity contribution in [3.63, 3.8) is 0 Å². The number of rotatable bonds is 5. The Morgan fingerprint density at radius 1 is 1.50 bits per heavy atom. The molecule has 18 heavy (non-hydrogen) atoms. The highest BCUT2D eigenvalue weighted by atomic mass is 32.1. The topological polar surface area (TPSA) is 20.2 Å². The second kappa shape index (κ2) is 6.21. The Kier molecular flexibility index (Phi) is 4.85. The molecule has 0 aromatic carbocycles. The minimum Gasteiger partial charge on any atom is -0.390 e. The minimum atomic E-state index is -0.387. The van der Waals surface area contributed by atoms with Gasteiger partial charge in [-0.25, -0.2) is 0 Å². The molecule has 1 aliphatic carbocycles. The number of hydrogen-bond donors (Lipinski definition) is 1. The van der Waals surface area contributed by atoms with Crippen LogP contribution in [0.4, 0.5) is 0 Å². The van der Waals surface area contributed by atoms with Crippen molar-refractivity contribution in [3.8, 4) is 0 Å². The highest BCUT2D eigenvalue weighted by Crippen LogP contribution is 2.38. The molecule has 0 spiro atoms. The van der Waals surface area contributed by atoms with Gasteiger partial charge >= 0.3 is 0 Å². The summed E-state index contributed by atoms with van der Waals surface area (Å²) in [7, 11) is 0. The summed E-state index contributed by atoms with van der Waals surface area (Å²) in [6, 6.07) is 4.29. The molecule has 1 heterocycles. The summed E-state index contributed by atoms with van der Waals surface area (Å²) in [6.07, 6.45) is 7.83. The Morgan fingerprint density at radius 3 is 3.00 bits per heavy atom. The Hall–Kier alpha value is -0.340. The number of aliphatic hydroxyl groups is 1. The van der Waals surface area contributed by atoms with Crippen molar-refractivity contribution in [2.75, 3.05) is 0 Å². The number of hydrogen-bond acceptors (Lipinski definition) is 2. The lowest BCUT2D eigenvalue weighted by Gasteiger charge is -2.37. The Labute approximate surface area is 115 Å². The maximum Gasteiger partial charge on any atom is 0.0654 e. The third-order valence-electron chi connectivity index (χ3n) is 4.14. The van der Waals surface area contributed by atoms with Crippen molar-refractivity contribution in [2.24, 2.45) is 11.8 Å². The number of aryl methyl sites for hydroxylation is 1. The minimum absolute atomic E-state index is 0.387. The maximum atomic E-state index is 10.8. The van der Waals surface area contributed by atoms with Gasteiger partial charge in [0.15, 0.2) is 0 Å². The second-order valence-corrected chi connectivity index (χ2v) is 7.43. The third-order valence-corrected chi connectivity index (χ3v) is 5.08. The molecule has 2 heteroatoms. The lowest BCUT2D eigenvalue weighted by molar-refractivity contribution is -0.0258. The van der Waals surface area contributed by atoms with Gasteiger partial charge in [-0.05, 0) is 55.4 Å².